The van der Waals surface area contributed by atoms with Crippen LogP contribution in [0.15, 0.2) is 24.3 Å². The van der Waals surface area contributed by atoms with Crippen molar-refractivity contribution in [3.05, 3.63) is 35.4 Å². The van der Waals surface area contributed by atoms with Crippen LogP contribution < -0.4 is 5.32 Å². The highest BCUT2D eigenvalue weighted by atomic mass is 16.4. The number of aliphatic carboxylic acids is 1. The first-order valence-corrected chi connectivity index (χ1v) is 6.89. The lowest BCUT2D eigenvalue weighted by atomic mass is 10.1. The van der Waals surface area contributed by atoms with Crippen molar-refractivity contribution >= 4 is 23.6 Å². The SMILES string of the molecule is Cc1cc(NC(=O)C2CCCC2)ccc1C=CC(=O)O. The Hall–Kier alpha value is -2.10. The number of carboxylic acid groups (broad SMARTS) is 1. The molecule has 0 aromatic heterocycles. The highest BCUT2D eigenvalue weighted by molar-refractivity contribution is 5.93. The van der Waals surface area contributed by atoms with Gasteiger partial charge in [-0.25, -0.2) is 4.79 Å². The minimum atomic E-state index is -0.969. The number of aryl methyl sites for hydroxylation is 1. The number of carbonyl (C=O) groups excluding carboxylic acids is 1. The molecule has 0 unspecified atom stereocenters. The van der Waals surface area contributed by atoms with E-state index >= 15 is 0 Å². The second-order valence-electron chi connectivity index (χ2n) is 5.21. The summed E-state index contributed by atoms with van der Waals surface area (Å²) in [5.41, 5.74) is 2.55. The number of carboxylic acids is 1. The lowest BCUT2D eigenvalue weighted by molar-refractivity contribution is -0.131. The van der Waals surface area contributed by atoms with Crippen LogP contribution in [0.3, 0.4) is 0 Å². The van der Waals surface area contributed by atoms with Gasteiger partial charge in [-0.1, -0.05) is 18.9 Å². The highest BCUT2D eigenvalue weighted by Gasteiger charge is 2.22. The van der Waals surface area contributed by atoms with Gasteiger partial charge in [0.25, 0.3) is 0 Å². The summed E-state index contributed by atoms with van der Waals surface area (Å²) in [4.78, 5) is 22.5. The topological polar surface area (TPSA) is 66.4 Å². The summed E-state index contributed by atoms with van der Waals surface area (Å²) >= 11 is 0. The number of benzene rings is 1. The van der Waals surface area contributed by atoms with Crippen LogP contribution in [0.1, 0.15) is 36.8 Å². The van der Waals surface area contributed by atoms with Crippen molar-refractivity contribution in [2.45, 2.75) is 32.6 Å². The van der Waals surface area contributed by atoms with Crippen molar-refractivity contribution in [2.75, 3.05) is 5.32 Å². The average molecular weight is 273 g/mol. The van der Waals surface area contributed by atoms with Crippen LogP contribution in [0.5, 0.6) is 0 Å². The molecule has 0 atom stereocenters. The Labute approximate surface area is 118 Å². The lowest BCUT2D eigenvalue weighted by Crippen LogP contribution is -2.20. The molecular formula is C16H19NO3. The zero-order chi connectivity index (χ0) is 14.5. The summed E-state index contributed by atoms with van der Waals surface area (Å²) in [6, 6.07) is 5.49. The van der Waals surface area contributed by atoms with Gasteiger partial charge in [-0.05, 0) is 49.1 Å². The van der Waals surface area contributed by atoms with E-state index in [4.69, 9.17) is 5.11 Å². The van der Waals surface area contributed by atoms with Gasteiger partial charge in [0.05, 0.1) is 0 Å². The Bertz CT molecular complexity index is 543. The van der Waals surface area contributed by atoms with Gasteiger partial charge in [-0.3, -0.25) is 4.79 Å². The van der Waals surface area contributed by atoms with E-state index in [2.05, 4.69) is 5.32 Å². The monoisotopic (exact) mass is 273 g/mol. The van der Waals surface area contributed by atoms with Gasteiger partial charge < -0.3 is 10.4 Å². The van der Waals surface area contributed by atoms with Gasteiger partial charge in [-0.2, -0.15) is 0 Å². The van der Waals surface area contributed by atoms with Gasteiger partial charge in [0, 0.05) is 17.7 Å². The highest BCUT2D eigenvalue weighted by Crippen LogP contribution is 2.26. The molecule has 4 nitrogen and oxygen atoms in total. The van der Waals surface area contributed by atoms with Crippen molar-refractivity contribution in [1.29, 1.82) is 0 Å². The third-order valence-corrected chi connectivity index (χ3v) is 3.67. The molecule has 0 spiro atoms. The third kappa shape index (κ3) is 3.70. The molecule has 1 aromatic rings. The number of carbonyl (C=O) groups is 2. The normalized spacial score (nSPS) is 15.7. The molecule has 1 aliphatic carbocycles. The lowest BCUT2D eigenvalue weighted by Gasteiger charge is -2.11. The molecule has 2 N–H and O–H groups in total. The molecule has 1 amide bonds. The Kier molecular flexibility index (Phi) is 4.56. The molecule has 4 heteroatoms. The maximum Gasteiger partial charge on any atom is 0.328 e. The first-order valence-electron chi connectivity index (χ1n) is 6.89. The quantitative estimate of drug-likeness (QED) is 0.828. The molecule has 0 saturated heterocycles. The summed E-state index contributed by atoms with van der Waals surface area (Å²) < 4.78 is 0. The van der Waals surface area contributed by atoms with Crippen LogP contribution in [0.2, 0.25) is 0 Å². The van der Waals surface area contributed by atoms with Crippen LogP contribution in [0.4, 0.5) is 5.69 Å². The van der Waals surface area contributed by atoms with Crippen molar-refractivity contribution in [3.8, 4) is 0 Å². The molecule has 0 heterocycles. The molecular weight excluding hydrogens is 254 g/mol. The second-order valence-corrected chi connectivity index (χ2v) is 5.21. The van der Waals surface area contributed by atoms with Crippen molar-refractivity contribution in [2.24, 2.45) is 5.92 Å². The minimum Gasteiger partial charge on any atom is -0.478 e. The van der Waals surface area contributed by atoms with Crippen LogP contribution in [-0.4, -0.2) is 17.0 Å². The number of hydrogen-bond acceptors (Lipinski definition) is 2. The Balaban J connectivity index is 2.04. The maximum atomic E-state index is 12.0. The summed E-state index contributed by atoms with van der Waals surface area (Å²) in [5.74, 6) is -0.736. The number of nitrogens with one attached hydrogen (secondary N) is 1. The number of hydrogen-bond donors (Lipinski definition) is 2. The molecule has 1 fully saturated rings. The second kappa shape index (κ2) is 6.37. The smallest absolute Gasteiger partial charge is 0.328 e. The van der Waals surface area contributed by atoms with E-state index in [1.54, 1.807) is 12.1 Å². The Morgan fingerprint density at radius 1 is 1.30 bits per heavy atom. The molecule has 106 valence electrons. The molecule has 1 saturated carbocycles. The van der Waals surface area contributed by atoms with E-state index in [1.165, 1.54) is 0 Å². The fourth-order valence-corrected chi connectivity index (χ4v) is 2.53. The van der Waals surface area contributed by atoms with Crippen LogP contribution >= 0.6 is 0 Å². The molecule has 1 aliphatic rings. The van der Waals surface area contributed by atoms with Crippen molar-refractivity contribution in [3.63, 3.8) is 0 Å². The van der Waals surface area contributed by atoms with Crippen LogP contribution in [-0.2, 0) is 9.59 Å². The summed E-state index contributed by atoms with van der Waals surface area (Å²) in [6.45, 7) is 1.90. The predicted molar refractivity (Wildman–Crippen MR) is 78.4 cm³/mol. The standard InChI is InChI=1S/C16H19NO3/c1-11-10-14(8-6-12(11)7-9-15(18)19)17-16(20)13-4-2-3-5-13/h6-10,13H,2-5H2,1H3,(H,17,20)(H,18,19). The number of rotatable bonds is 4. The number of anilines is 1. The van der Waals surface area contributed by atoms with Gasteiger partial charge in [0.15, 0.2) is 0 Å². The fourth-order valence-electron chi connectivity index (χ4n) is 2.53. The van der Waals surface area contributed by atoms with Crippen LogP contribution in [0.25, 0.3) is 6.08 Å². The summed E-state index contributed by atoms with van der Waals surface area (Å²) in [6.07, 6.45) is 6.89. The fraction of sp³-hybridized carbons (Fsp3) is 0.375. The van der Waals surface area contributed by atoms with E-state index in [1.807, 2.05) is 19.1 Å². The van der Waals surface area contributed by atoms with Crippen molar-refractivity contribution in [1.82, 2.24) is 0 Å². The minimum absolute atomic E-state index is 0.0933. The Morgan fingerprint density at radius 3 is 2.60 bits per heavy atom. The Morgan fingerprint density at radius 2 is 2.00 bits per heavy atom. The molecule has 0 aliphatic heterocycles. The number of amides is 1. The zero-order valence-corrected chi connectivity index (χ0v) is 11.6. The van der Waals surface area contributed by atoms with Gasteiger partial charge >= 0.3 is 5.97 Å². The van der Waals surface area contributed by atoms with E-state index in [9.17, 15) is 9.59 Å². The van der Waals surface area contributed by atoms with E-state index in [-0.39, 0.29) is 11.8 Å². The van der Waals surface area contributed by atoms with Gasteiger partial charge in [0.2, 0.25) is 5.91 Å². The predicted octanol–water partition coefficient (Wildman–Crippen LogP) is 3.22. The van der Waals surface area contributed by atoms with E-state index in [0.29, 0.717) is 0 Å². The zero-order valence-electron chi connectivity index (χ0n) is 11.6. The molecule has 0 radical (unpaired) electrons. The maximum absolute atomic E-state index is 12.0. The van der Waals surface area contributed by atoms with Crippen LogP contribution in [0, 0.1) is 12.8 Å². The molecule has 2 rings (SSSR count). The van der Waals surface area contributed by atoms with Gasteiger partial charge in [-0.15, -0.1) is 0 Å². The molecule has 1 aromatic carbocycles. The summed E-state index contributed by atoms with van der Waals surface area (Å²) in [7, 11) is 0. The van der Waals surface area contributed by atoms with E-state index < -0.39 is 5.97 Å². The first kappa shape index (κ1) is 14.3. The van der Waals surface area contributed by atoms with E-state index in [0.717, 1.165) is 48.6 Å². The van der Waals surface area contributed by atoms with Gasteiger partial charge in [0.1, 0.15) is 0 Å². The average Bonchev–Trinajstić information content (AvgIpc) is 2.91. The molecule has 20 heavy (non-hydrogen) atoms. The first-order chi connectivity index (χ1) is 9.56. The largest absolute Gasteiger partial charge is 0.478 e. The van der Waals surface area contributed by atoms with Crippen molar-refractivity contribution < 1.29 is 14.7 Å². The summed E-state index contributed by atoms with van der Waals surface area (Å²) in [5, 5.41) is 11.6. The third-order valence-electron chi connectivity index (χ3n) is 3.67. The molecule has 0 bridgehead atoms.